The van der Waals surface area contributed by atoms with E-state index in [-0.39, 0.29) is 0 Å². The molecule has 0 spiro atoms. The number of nitrogens with one attached hydrogen (secondary N) is 2. The summed E-state index contributed by atoms with van der Waals surface area (Å²) in [6.07, 6.45) is 14.4. The van der Waals surface area contributed by atoms with E-state index in [1.807, 2.05) is 0 Å². The molecule has 2 heteroatoms. The lowest BCUT2D eigenvalue weighted by Crippen LogP contribution is -2.39. The lowest BCUT2D eigenvalue weighted by atomic mass is 9.83. The summed E-state index contributed by atoms with van der Waals surface area (Å²) in [4.78, 5) is 0. The predicted octanol–water partition coefficient (Wildman–Crippen LogP) is 3.47. The van der Waals surface area contributed by atoms with Gasteiger partial charge in [0.05, 0.1) is 0 Å². The van der Waals surface area contributed by atoms with Gasteiger partial charge in [0, 0.05) is 18.6 Å². The first-order valence-electron chi connectivity index (χ1n) is 8.76. The fourth-order valence-electron chi connectivity index (χ4n) is 4.85. The van der Waals surface area contributed by atoms with Crippen molar-refractivity contribution in [1.82, 2.24) is 10.6 Å². The molecule has 3 fully saturated rings. The largest absolute Gasteiger partial charge is 0.316 e. The normalized spacial score (nSPS) is 36.8. The lowest BCUT2D eigenvalue weighted by molar-refractivity contribution is 0.251. The zero-order valence-corrected chi connectivity index (χ0v) is 12.7. The van der Waals surface area contributed by atoms with Gasteiger partial charge in [-0.05, 0) is 69.2 Å². The van der Waals surface area contributed by atoms with E-state index in [2.05, 4.69) is 17.6 Å². The van der Waals surface area contributed by atoms with E-state index < -0.39 is 0 Å². The van der Waals surface area contributed by atoms with Crippen molar-refractivity contribution in [1.29, 1.82) is 0 Å². The maximum absolute atomic E-state index is 3.80. The van der Waals surface area contributed by atoms with E-state index in [4.69, 9.17) is 0 Å². The van der Waals surface area contributed by atoms with Crippen LogP contribution < -0.4 is 10.6 Å². The average molecular weight is 264 g/mol. The van der Waals surface area contributed by atoms with Crippen LogP contribution in [-0.4, -0.2) is 25.2 Å². The fourth-order valence-corrected chi connectivity index (χ4v) is 4.85. The van der Waals surface area contributed by atoms with E-state index in [0.717, 1.165) is 18.0 Å². The van der Waals surface area contributed by atoms with Crippen LogP contribution in [0.1, 0.15) is 71.1 Å². The highest BCUT2D eigenvalue weighted by Gasteiger charge is 2.34. The maximum atomic E-state index is 3.80. The molecule has 0 aromatic heterocycles. The van der Waals surface area contributed by atoms with Gasteiger partial charge in [-0.3, -0.25) is 0 Å². The first kappa shape index (κ1) is 13.9. The van der Waals surface area contributed by atoms with Gasteiger partial charge in [-0.15, -0.1) is 0 Å². The summed E-state index contributed by atoms with van der Waals surface area (Å²) in [6.45, 7) is 4.92. The Morgan fingerprint density at radius 3 is 2.42 bits per heavy atom. The van der Waals surface area contributed by atoms with Crippen molar-refractivity contribution in [2.24, 2.45) is 11.3 Å². The first-order valence-corrected chi connectivity index (χ1v) is 8.76. The van der Waals surface area contributed by atoms with Crippen LogP contribution in [0.3, 0.4) is 0 Å². The minimum atomic E-state index is 0.660. The topological polar surface area (TPSA) is 24.1 Å². The van der Waals surface area contributed by atoms with Crippen LogP contribution in [0.2, 0.25) is 0 Å². The maximum Gasteiger partial charge on any atom is 0.00728 e. The third kappa shape index (κ3) is 3.33. The van der Waals surface area contributed by atoms with Crippen LogP contribution in [0.15, 0.2) is 0 Å². The Bertz CT molecular complexity index is 271. The van der Waals surface area contributed by atoms with Crippen LogP contribution in [0.5, 0.6) is 0 Å². The average Bonchev–Trinajstić information content (AvgIpc) is 3.03. The molecule has 2 N–H and O–H groups in total. The van der Waals surface area contributed by atoms with Gasteiger partial charge in [0.25, 0.3) is 0 Å². The van der Waals surface area contributed by atoms with Crippen LogP contribution >= 0.6 is 0 Å². The predicted molar refractivity (Wildman–Crippen MR) is 81.3 cm³/mol. The van der Waals surface area contributed by atoms with Gasteiger partial charge in [-0.2, -0.15) is 0 Å². The Labute approximate surface area is 119 Å². The van der Waals surface area contributed by atoms with Crippen LogP contribution in [0, 0.1) is 11.3 Å². The summed E-state index contributed by atoms with van der Waals surface area (Å²) in [5.74, 6) is 0.993. The Morgan fingerprint density at radius 1 is 1.11 bits per heavy atom. The Morgan fingerprint density at radius 2 is 1.79 bits per heavy atom. The quantitative estimate of drug-likeness (QED) is 0.718. The van der Waals surface area contributed by atoms with E-state index in [1.54, 1.807) is 0 Å². The van der Waals surface area contributed by atoms with E-state index in [1.165, 1.54) is 77.3 Å². The Kier molecular flexibility index (Phi) is 4.48. The van der Waals surface area contributed by atoms with Gasteiger partial charge < -0.3 is 10.6 Å². The Balaban J connectivity index is 1.34. The zero-order chi connectivity index (χ0) is 13.1. The van der Waals surface area contributed by atoms with E-state index in [9.17, 15) is 0 Å². The van der Waals surface area contributed by atoms with Crippen molar-refractivity contribution in [3.8, 4) is 0 Å². The summed E-state index contributed by atoms with van der Waals surface area (Å²) < 4.78 is 0. The summed E-state index contributed by atoms with van der Waals surface area (Å²) in [6, 6.07) is 1.72. The highest BCUT2D eigenvalue weighted by molar-refractivity contribution is 4.92. The SMILES string of the molecule is CCC1(CNCCC2CC3CCC(C2)N3)CCCC1. The van der Waals surface area contributed by atoms with E-state index >= 15 is 0 Å². The van der Waals surface area contributed by atoms with Gasteiger partial charge in [-0.25, -0.2) is 0 Å². The van der Waals surface area contributed by atoms with Crippen molar-refractivity contribution in [2.45, 2.75) is 83.2 Å². The molecule has 2 saturated heterocycles. The van der Waals surface area contributed by atoms with Crippen molar-refractivity contribution < 1.29 is 0 Å². The molecule has 2 nitrogen and oxygen atoms in total. The molecule has 1 saturated carbocycles. The van der Waals surface area contributed by atoms with Crippen LogP contribution in [-0.2, 0) is 0 Å². The fraction of sp³-hybridized carbons (Fsp3) is 1.00. The molecule has 2 unspecified atom stereocenters. The summed E-state index contributed by atoms with van der Waals surface area (Å²) in [5, 5.41) is 7.55. The molecule has 2 atom stereocenters. The molecular weight excluding hydrogens is 232 g/mol. The summed E-state index contributed by atoms with van der Waals surface area (Å²) in [7, 11) is 0. The molecule has 3 rings (SSSR count). The second kappa shape index (κ2) is 6.13. The minimum Gasteiger partial charge on any atom is -0.316 e. The molecule has 0 amide bonds. The summed E-state index contributed by atoms with van der Waals surface area (Å²) >= 11 is 0. The Hall–Kier alpha value is -0.0800. The standard InChI is InChI=1S/C17H32N2/c1-2-17(8-3-4-9-17)13-18-10-7-14-11-15-5-6-16(12-14)19-15/h14-16,18-19H,2-13H2,1H3. The van der Waals surface area contributed by atoms with Crippen LogP contribution in [0.4, 0.5) is 0 Å². The molecule has 2 aliphatic heterocycles. The zero-order valence-electron chi connectivity index (χ0n) is 12.7. The molecule has 2 heterocycles. The first-order chi connectivity index (χ1) is 9.30. The minimum absolute atomic E-state index is 0.660. The van der Waals surface area contributed by atoms with Crippen molar-refractivity contribution >= 4 is 0 Å². The molecule has 2 bridgehead atoms. The number of hydrogen-bond acceptors (Lipinski definition) is 2. The number of hydrogen-bond donors (Lipinski definition) is 2. The molecule has 1 aliphatic carbocycles. The van der Waals surface area contributed by atoms with Gasteiger partial charge in [0.2, 0.25) is 0 Å². The third-order valence-electron chi connectivity index (χ3n) is 6.21. The molecule has 110 valence electrons. The van der Waals surface area contributed by atoms with Gasteiger partial charge >= 0.3 is 0 Å². The van der Waals surface area contributed by atoms with Gasteiger partial charge in [0.15, 0.2) is 0 Å². The van der Waals surface area contributed by atoms with Crippen molar-refractivity contribution in [2.75, 3.05) is 13.1 Å². The monoisotopic (exact) mass is 264 g/mol. The lowest BCUT2D eigenvalue weighted by Gasteiger charge is -2.31. The highest BCUT2D eigenvalue weighted by atomic mass is 15.0. The molecule has 19 heavy (non-hydrogen) atoms. The number of fused-ring (bicyclic) bond motifs is 2. The van der Waals surface area contributed by atoms with Crippen molar-refractivity contribution in [3.63, 3.8) is 0 Å². The van der Waals surface area contributed by atoms with E-state index in [0.29, 0.717) is 5.41 Å². The second-order valence-corrected chi connectivity index (χ2v) is 7.50. The second-order valence-electron chi connectivity index (χ2n) is 7.50. The third-order valence-corrected chi connectivity index (χ3v) is 6.21. The molecule has 3 aliphatic rings. The molecule has 0 radical (unpaired) electrons. The van der Waals surface area contributed by atoms with Gasteiger partial charge in [0.1, 0.15) is 0 Å². The summed E-state index contributed by atoms with van der Waals surface area (Å²) in [5.41, 5.74) is 0.660. The number of piperidine rings is 1. The van der Waals surface area contributed by atoms with Crippen LogP contribution in [0.25, 0.3) is 0 Å². The van der Waals surface area contributed by atoms with Crippen molar-refractivity contribution in [3.05, 3.63) is 0 Å². The molecular formula is C17H32N2. The highest BCUT2D eigenvalue weighted by Crippen LogP contribution is 2.40. The smallest absolute Gasteiger partial charge is 0.00728 e. The van der Waals surface area contributed by atoms with Gasteiger partial charge in [-0.1, -0.05) is 19.8 Å². The number of rotatable bonds is 6. The molecule has 0 aromatic carbocycles. The molecule has 0 aromatic rings.